The lowest BCUT2D eigenvalue weighted by atomic mass is 10.2. The van der Waals surface area contributed by atoms with Crippen molar-refractivity contribution in [2.45, 2.75) is 32.0 Å². The maximum atomic E-state index is 5.57. The molecule has 5 heteroatoms. The predicted octanol–water partition coefficient (Wildman–Crippen LogP) is 1.71. The highest BCUT2D eigenvalue weighted by Crippen LogP contribution is 2.18. The molecule has 2 N–H and O–H groups in total. The van der Waals surface area contributed by atoms with Crippen LogP contribution in [0.4, 0.5) is 0 Å². The lowest BCUT2D eigenvalue weighted by Crippen LogP contribution is -2.13. The van der Waals surface area contributed by atoms with Crippen LogP contribution < -0.4 is 5.73 Å². The molecule has 1 aromatic rings. The molecular weight excluding hydrogens is 220 g/mol. The number of nitrogens with zero attached hydrogens (tertiary/aromatic N) is 3. The van der Waals surface area contributed by atoms with E-state index in [1.165, 1.54) is 0 Å². The molecule has 0 bridgehead atoms. The normalized spacial score (nSPS) is 11.0. The molecule has 4 nitrogen and oxygen atoms in total. The van der Waals surface area contributed by atoms with E-state index in [9.17, 15) is 0 Å². The van der Waals surface area contributed by atoms with Crippen molar-refractivity contribution in [2.24, 2.45) is 11.7 Å². The quantitative estimate of drug-likeness (QED) is 0.582. The van der Waals surface area contributed by atoms with Crippen LogP contribution in [0, 0.1) is 5.92 Å². The minimum Gasteiger partial charge on any atom is -0.330 e. The molecule has 0 saturated heterocycles. The maximum Gasteiger partial charge on any atom is 0.191 e. The van der Waals surface area contributed by atoms with Crippen LogP contribution in [0.15, 0.2) is 17.8 Å². The fourth-order valence-corrected chi connectivity index (χ4v) is 2.12. The van der Waals surface area contributed by atoms with Crippen LogP contribution in [0.2, 0.25) is 0 Å². The Morgan fingerprint density at radius 1 is 1.50 bits per heavy atom. The van der Waals surface area contributed by atoms with Gasteiger partial charge in [0.05, 0.1) is 0 Å². The van der Waals surface area contributed by atoms with Gasteiger partial charge in [0.25, 0.3) is 0 Å². The first kappa shape index (κ1) is 13.3. The Morgan fingerprint density at radius 2 is 2.25 bits per heavy atom. The van der Waals surface area contributed by atoms with Crippen LogP contribution in [0.25, 0.3) is 0 Å². The monoisotopic (exact) mass is 240 g/mol. The van der Waals surface area contributed by atoms with Gasteiger partial charge in [-0.2, -0.15) is 0 Å². The second-order valence-corrected chi connectivity index (χ2v) is 5.03. The first-order valence-corrected chi connectivity index (χ1v) is 6.53. The van der Waals surface area contributed by atoms with E-state index >= 15 is 0 Å². The summed E-state index contributed by atoms with van der Waals surface area (Å²) in [5.74, 6) is 2.43. The minimum absolute atomic E-state index is 0.579. The van der Waals surface area contributed by atoms with Gasteiger partial charge in [0, 0.05) is 18.7 Å². The highest BCUT2D eigenvalue weighted by atomic mass is 32.2. The molecule has 0 aromatic carbocycles. The molecule has 0 aliphatic heterocycles. The van der Waals surface area contributed by atoms with Crippen molar-refractivity contribution in [1.29, 1.82) is 0 Å². The Balaban J connectivity index is 2.84. The van der Waals surface area contributed by atoms with Gasteiger partial charge in [0.15, 0.2) is 5.16 Å². The zero-order valence-corrected chi connectivity index (χ0v) is 10.8. The number of hydrogen-bond donors (Lipinski definition) is 1. The summed E-state index contributed by atoms with van der Waals surface area (Å²) < 4.78 is 2.17. The van der Waals surface area contributed by atoms with Gasteiger partial charge in [0.2, 0.25) is 0 Å². The third kappa shape index (κ3) is 3.64. The van der Waals surface area contributed by atoms with E-state index in [4.69, 9.17) is 5.73 Å². The van der Waals surface area contributed by atoms with Crippen molar-refractivity contribution in [3.05, 3.63) is 18.5 Å². The summed E-state index contributed by atoms with van der Waals surface area (Å²) in [5.41, 5.74) is 5.57. The largest absolute Gasteiger partial charge is 0.330 e. The molecule has 0 radical (unpaired) electrons. The zero-order valence-electron chi connectivity index (χ0n) is 10.0. The minimum atomic E-state index is 0.579. The highest BCUT2D eigenvalue weighted by molar-refractivity contribution is 7.99. The Hall–Kier alpha value is -0.810. The molecule has 0 fully saturated rings. The SMILES string of the molecule is C=CCSc1nnc(CCN)n1CC(C)C. The first-order chi connectivity index (χ1) is 7.69. The van der Waals surface area contributed by atoms with E-state index < -0.39 is 0 Å². The third-order valence-electron chi connectivity index (χ3n) is 2.04. The van der Waals surface area contributed by atoms with Gasteiger partial charge in [0.1, 0.15) is 5.82 Å². The molecule has 0 saturated carbocycles. The van der Waals surface area contributed by atoms with E-state index in [-0.39, 0.29) is 0 Å². The van der Waals surface area contributed by atoms with Gasteiger partial charge < -0.3 is 10.3 Å². The second-order valence-electron chi connectivity index (χ2n) is 4.04. The molecule has 0 unspecified atom stereocenters. The first-order valence-electron chi connectivity index (χ1n) is 5.54. The molecule has 1 aromatic heterocycles. The summed E-state index contributed by atoms with van der Waals surface area (Å²) in [7, 11) is 0. The summed E-state index contributed by atoms with van der Waals surface area (Å²) in [4.78, 5) is 0. The number of hydrogen-bond acceptors (Lipinski definition) is 4. The van der Waals surface area contributed by atoms with Crippen molar-refractivity contribution in [2.75, 3.05) is 12.3 Å². The van der Waals surface area contributed by atoms with Gasteiger partial charge in [-0.25, -0.2) is 0 Å². The summed E-state index contributed by atoms with van der Waals surface area (Å²) in [6, 6.07) is 0. The van der Waals surface area contributed by atoms with Crippen molar-refractivity contribution < 1.29 is 0 Å². The fraction of sp³-hybridized carbons (Fsp3) is 0.636. The van der Waals surface area contributed by atoms with Crippen LogP contribution in [-0.2, 0) is 13.0 Å². The van der Waals surface area contributed by atoms with Crippen LogP contribution in [0.1, 0.15) is 19.7 Å². The molecule has 90 valence electrons. The molecule has 0 atom stereocenters. The van der Waals surface area contributed by atoms with Gasteiger partial charge in [-0.3, -0.25) is 0 Å². The van der Waals surface area contributed by atoms with E-state index in [2.05, 4.69) is 35.2 Å². The second kappa shape index (κ2) is 6.70. The molecule has 0 spiro atoms. The van der Waals surface area contributed by atoms with Crippen molar-refractivity contribution in [1.82, 2.24) is 14.8 Å². The molecule has 0 aliphatic rings. The topological polar surface area (TPSA) is 56.7 Å². The average Bonchev–Trinajstić information content (AvgIpc) is 2.59. The Bertz CT molecular complexity index is 333. The molecule has 16 heavy (non-hydrogen) atoms. The number of nitrogens with two attached hydrogens (primary N) is 1. The number of aromatic nitrogens is 3. The van der Waals surface area contributed by atoms with Gasteiger partial charge in [-0.15, -0.1) is 16.8 Å². The van der Waals surface area contributed by atoms with Crippen LogP contribution in [0.5, 0.6) is 0 Å². The van der Waals surface area contributed by atoms with E-state index in [0.717, 1.165) is 29.7 Å². The summed E-state index contributed by atoms with van der Waals surface area (Å²) in [6.07, 6.45) is 2.66. The zero-order chi connectivity index (χ0) is 12.0. The molecule has 1 rings (SSSR count). The highest BCUT2D eigenvalue weighted by Gasteiger charge is 2.12. The molecule has 0 aliphatic carbocycles. The smallest absolute Gasteiger partial charge is 0.191 e. The maximum absolute atomic E-state index is 5.57. The van der Waals surface area contributed by atoms with E-state index in [0.29, 0.717) is 12.5 Å². The Labute approximate surface area is 101 Å². The van der Waals surface area contributed by atoms with E-state index in [1.54, 1.807) is 11.8 Å². The van der Waals surface area contributed by atoms with E-state index in [1.807, 2.05) is 6.08 Å². The summed E-state index contributed by atoms with van der Waals surface area (Å²) in [6.45, 7) is 9.65. The standard InChI is InChI=1S/C11H20N4S/c1-4-7-16-11-14-13-10(5-6-12)15(11)8-9(2)3/h4,9H,1,5-8,12H2,2-3H3. The summed E-state index contributed by atoms with van der Waals surface area (Å²) >= 11 is 1.67. The average molecular weight is 240 g/mol. The van der Waals surface area contributed by atoms with Crippen LogP contribution in [-0.4, -0.2) is 27.1 Å². The van der Waals surface area contributed by atoms with Crippen LogP contribution >= 0.6 is 11.8 Å². The van der Waals surface area contributed by atoms with Gasteiger partial charge in [-0.1, -0.05) is 31.7 Å². The number of thioether (sulfide) groups is 1. The van der Waals surface area contributed by atoms with Crippen molar-refractivity contribution in [3.8, 4) is 0 Å². The lowest BCUT2D eigenvalue weighted by molar-refractivity contribution is 0.479. The molecule has 0 amide bonds. The lowest BCUT2D eigenvalue weighted by Gasteiger charge is -2.11. The Kier molecular flexibility index (Phi) is 5.55. The predicted molar refractivity (Wildman–Crippen MR) is 68.5 cm³/mol. The summed E-state index contributed by atoms with van der Waals surface area (Å²) in [5, 5.41) is 9.36. The van der Waals surface area contributed by atoms with Crippen molar-refractivity contribution in [3.63, 3.8) is 0 Å². The number of rotatable bonds is 7. The third-order valence-corrected chi connectivity index (χ3v) is 3.00. The van der Waals surface area contributed by atoms with Crippen molar-refractivity contribution >= 4 is 11.8 Å². The van der Waals surface area contributed by atoms with Crippen LogP contribution in [0.3, 0.4) is 0 Å². The van der Waals surface area contributed by atoms with Gasteiger partial charge >= 0.3 is 0 Å². The fourth-order valence-electron chi connectivity index (χ4n) is 1.42. The Morgan fingerprint density at radius 3 is 2.81 bits per heavy atom. The molecular formula is C11H20N4S. The van der Waals surface area contributed by atoms with Gasteiger partial charge in [-0.05, 0) is 12.5 Å². The molecule has 1 heterocycles.